The van der Waals surface area contributed by atoms with Gasteiger partial charge in [-0.3, -0.25) is 9.89 Å². The number of H-pyrrole nitrogens is 1. The van der Waals surface area contributed by atoms with Gasteiger partial charge in [-0.15, -0.1) is 0 Å². The van der Waals surface area contributed by atoms with Gasteiger partial charge in [0.1, 0.15) is 11.6 Å². The summed E-state index contributed by atoms with van der Waals surface area (Å²) >= 11 is 0. The second kappa shape index (κ2) is 6.64. The minimum absolute atomic E-state index is 0.277. The Morgan fingerprint density at radius 2 is 2.04 bits per heavy atom. The Bertz CT molecular complexity index is 1070. The molecule has 0 saturated carbocycles. The molecule has 7 nitrogen and oxygen atoms in total. The van der Waals surface area contributed by atoms with Crippen molar-refractivity contribution < 1.29 is 4.79 Å². The topological polar surface area (TPSA) is 95.6 Å². The largest absolute Gasteiger partial charge is 0.339 e. The van der Waals surface area contributed by atoms with Crippen molar-refractivity contribution in [1.82, 2.24) is 20.2 Å². The van der Waals surface area contributed by atoms with Crippen LogP contribution in [0.3, 0.4) is 0 Å². The van der Waals surface area contributed by atoms with Gasteiger partial charge in [0.2, 0.25) is 0 Å². The maximum atomic E-state index is 12.7. The van der Waals surface area contributed by atoms with Crippen molar-refractivity contribution in [3.05, 3.63) is 72.2 Å². The number of carbonyl (C=O) groups is 1. The van der Waals surface area contributed by atoms with E-state index in [1.54, 1.807) is 36.7 Å². The Morgan fingerprint density at radius 3 is 2.88 bits per heavy atom. The average molecular weight is 344 g/mol. The Hall–Kier alpha value is -3.74. The molecule has 0 fully saturated rings. The van der Waals surface area contributed by atoms with Crippen LogP contribution in [0.15, 0.2) is 60.9 Å². The highest BCUT2D eigenvalue weighted by molar-refractivity contribution is 6.07. The van der Waals surface area contributed by atoms with E-state index in [2.05, 4.69) is 30.8 Å². The van der Waals surface area contributed by atoms with E-state index >= 15 is 0 Å². The van der Waals surface area contributed by atoms with E-state index in [-0.39, 0.29) is 5.91 Å². The standard InChI is InChI=1S/C19H16N6O/c1-12-5-8-15(19(26)24-17-4-2-3-9-20-17)18(22-12)23-14-7-6-13-11-21-25-16(13)10-14/h2-11H,1H3,(H,21,25)(H,22,23)(H,20,24,26). The van der Waals surface area contributed by atoms with Gasteiger partial charge >= 0.3 is 0 Å². The third-order valence-electron chi connectivity index (χ3n) is 3.89. The van der Waals surface area contributed by atoms with Gasteiger partial charge < -0.3 is 10.6 Å². The van der Waals surface area contributed by atoms with Crippen LogP contribution in [0.5, 0.6) is 0 Å². The van der Waals surface area contributed by atoms with Crippen molar-refractivity contribution in [1.29, 1.82) is 0 Å². The Labute approximate surface area is 149 Å². The minimum Gasteiger partial charge on any atom is -0.339 e. The summed E-state index contributed by atoms with van der Waals surface area (Å²) in [5.74, 6) is 0.696. The molecule has 0 spiro atoms. The molecule has 7 heteroatoms. The number of aryl methyl sites for hydroxylation is 1. The first kappa shape index (κ1) is 15.8. The zero-order valence-corrected chi connectivity index (χ0v) is 14.0. The fraction of sp³-hybridized carbons (Fsp3) is 0.0526. The SMILES string of the molecule is Cc1ccc(C(=O)Nc2ccccn2)c(Nc2ccc3cn[nH]c3c2)n1. The van der Waals surface area contributed by atoms with Crippen LogP contribution in [0.4, 0.5) is 17.3 Å². The van der Waals surface area contributed by atoms with Crippen molar-refractivity contribution >= 4 is 34.1 Å². The second-order valence-electron chi connectivity index (χ2n) is 5.81. The molecular weight excluding hydrogens is 328 g/mol. The highest BCUT2D eigenvalue weighted by Gasteiger charge is 2.14. The Kier molecular flexibility index (Phi) is 4.03. The maximum absolute atomic E-state index is 12.7. The number of hydrogen-bond donors (Lipinski definition) is 3. The highest BCUT2D eigenvalue weighted by atomic mass is 16.1. The number of aromatic nitrogens is 4. The molecule has 0 saturated heterocycles. The lowest BCUT2D eigenvalue weighted by molar-refractivity contribution is 0.102. The van der Waals surface area contributed by atoms with Gasteiger partial charge in [0, 0.05) is 23.0 Å². The van der Waals surface area contributed by atoms with Crippen molar-refractivity contribution in [3.63, 3.8) is 0 Å². The Morgan fingerprint density at radius 1 is 1.12 bits per heavy atom. The summed E-state index contributed by atoms with van der Waals surface area (Å²) in [5.41, 5.74) is 2.96. The number of amides is 1. The fourth-order valence-corrected chi connectivity index (χ4v) is 2.61. The molecule has 0 radical (unpaired) electrons. The van der Waals surface area contributed by atoms with Crippen LogP contribution in [0.1, 0.15) is 16.1 Å². The number of anilines is 3. The van der Waals surface area contributed by atoms with E-state index in [0.29, 0.717) is 17.2 Å². The van der Waals surface area contributed by atoms with Gasteiger partial charge in [-0.05, 0) is 49.4 Å². The van der Waals surface area contributed by atoms with E-state index in [4.69, 9.17) is 0 Å². The lowest BCUT2D eigenvalue weighted by Gasteiger charge is -2.12. The fourth-order valence-electron chi connectivity index (χ4n) is 2.61. The van der Waals surface area contributed by atoms with Crippen LogP contribution in [0.2, 0.25) is 0 Å². The zero-order valence-electron chi connectivity index (χ0n) is 14.0. The highest BCUT2D eigenvalue weighted by Crippen LogP contribution is 2.23. The predicted octanol–water partition coefficient (Wildman–Crippen LogP) is 3.66. The third-order valence-corrected chi connectivity index (χ3v) is 3.89. The monoisotopic (exact) mass is 344 g/mol. The van der Waals surface area contributed by atoms with E-state index in [1.165, 1.54) is 0 Å². The molecule has 0 atom stereocenters. The molecule has 1 aromatic carbocycles. The third kappa shape index (κ3) is 3.23. The van der Waals surface area contributed by atoms with Crippen molar-refractivity contribution in [2.75, 3.05) is 10.6 Å². The molecule has 3 aromatic heterocycles. The average Bonchev–Trinajstić information content (AvgIpc) is 3.10. The summed E-state index contributed by atoms with van der Waals surface area (Å²) in [4.78, 5) is 21.3. The predicted molar refractivity (Wildman–Crippen MR) is 101 cm³/mol. The summed E-state index contributed by atoms with van der Waals surface area (Å²) in [5, 5.41) is 14.0. The summed E-state index contributed by atoms with van der Waals surface area (Å²) in [6.07, 6.45) is 3.39. The first-order valence-corrected chi connectivity index (χ1v) is 8.09. The molecule has 128 valence electrons. The zero-order chi connectivity index (χ0) is 17.9. The molecular formula is C19H16N6O. The second-order valence-corrected chi connectivity index (χ2v) is 5.81. The molecule has 4 aromatic rings. The molecule has 4 rings (SSSR count). The normalized spacial score (nSPS) is 10.7. The minimum atomic E-state index is -0.277. The van der Waals surface area contributed by atoms with Crippen molar-refractivity contribution in [2.24, 2.45) is 0 Å². The lowest BCUT2D eigenvalue weighted by Crippen LogP contribution is -2.15. The first-order valence-electron chi connectivity index (χ1n) is 8.09. The number of fused-ring (bicyclic) bond motifs is 1. The van der Waals surface area contributed by atoms with Gasteiger partial charge in [-0.1, -0.05) is 6.07 Å². The molecule has 26 heavy (non-hydrogen) atoms. The summed E-state index contributed by atoms with van der Waals surface area (Å²) < 4.78 is 0. The molecule has 1 amide bonds. The number of benzene rings is 1. The molecule has 3 N–H and O–H groups in total. The number of pyridine rings is 2. The van der Waals surface area contributed by atoms with Crippen LogP contribution in [0.25, 0.3) is 10.9 Å². The van der Waals surface area contributed by atoms with Crippen LogP contribution >= 0.6 is 0 Å². The number of nitrogens with one attached hydrogen (secondary N) is 3. The number of carbonyl (C=O) groups excluding carboxylic acids is 1. The molecule has 0 bridgehead atoms. The number of rotatable bonds is 4. The number of nitrogens with zero attached hydrogens (tertiary/aromatic N) is 3. The number of aromatic amines is 1. The Balaban J connectivity index is 1.64. The van der Waals surface area contributed by atoms with Gasteiger partial charge in [0.25, 0.3) is 5.91 Å². The van der Waals surface area contributed by atoms with Gasteiger partial charge in [0.05, 0.1) is 17.3 Å². The van der Waals surface area contributed by atoms with Gasteiger partial charge in [0.15, 0.2) is 0 Å². The van der Waals surface area contributed by atoms with E-state index < -0.39 is 0 Å². The van der Waals surface area contributed by atoms with E-state index in [9.17, 15) is 4.79 Å². The molecule has 0 aliphatic rings. The smallest absolute Gasteiger partial charge is 0.260 e. The van der Waals surface area contributed by atoms with Crippen molar-refractivity contribution in [3.8, 4) is 0 Å². The van der Waals surface area contributed by atoms with Crippen LogP contribution in [0, 0.1) is 6.92 Å². The summed E-state index contributed by atoms with van der Waals surface area (Å²) in [7, 11) is 0. The lowest BCUT2D eigenvalue weighted by atomic mass is 10.2. The van der Waals surface area contributed by atoms with Gasteiger partial charge in [-0.25, -0.2) is 9.97 Å². The first-order chi connectivity index (χ1) is 12.7. The van der Waals surface area contributed by atoms with Gasteiger partial charge in [-0.2, -0.15) is 5.10 Å². The van der Waals surface area contributed by atoms with Crippen LogP contribution in [-0.4, -0.2) is 26.1 Å². The molecule has 0 aliphatic heterocycles. The quantitative estimate of drug-likeness (QED) is 0.525. The van der Waals surface area contributed by atoms with E-state index in [0.717, 1.165) is 22.3 Å². The molecule has 3 heterocycles. The van der Waals surface area contributed by atoms with Crippen molar-refractivity contribution in [2.45, 2.75) is 6.92 Å². The maximum Gasteiger partial charge on any atom is 0.260 e. The molecule has 0 aliphatic carbocycles. The van der Waals surface area contributed by atoms with Crippen LogP contribution in [-0.2, 0) is 0 Å². The number of hydrogen-bond acceptors (Lipinski definition) is 5. The van der Waals surface area contributed by atoms with E-state index in [1.807, 2.05) is 31.2 Å². The summed E-state index contributed by atoms with van der Waals surface area (Å²) in [6, 6.07) is 14.7. The van der Waals surface area contributed by atoms with Crippen LogP contribution < -0.4 is 10.6 Å². The molecule has 0 unspecified atom stereocenters. The summed E-state index contributed by atoms with van der Waals surface area (Å²) in [6.45, 7) is 1.88.